The van der Waals surface area contributed by atoms with Gasteiger partial charge in [-0.25, -0.2) is 0 Å². The van der Waals surface area contributed by atoms with Gasteiger partial charge in [0, 0.05) is 46.1 Å². The van der Waals surface area contributed by atoms with Crippen LogP contribution in [0.4, 0.5) is 5.95 Å². The second-order valence-corrected chi connectivity index (χ2v) is 7.38. The molecule has 144 valence electrons. The summed E-state index contributed by atoms with van der Waals surface area (Å²) in [7, 11) is 3.76. The molecule has 2 amide bonds. The number of hydrogen-bond donors (Lipinski definition) is 0. The normalized spacial score (nSPS) is 21.7. The fourth-order valence-corrected chi connectivity index (χ4v) is 3.82. The quantitative estimate of drug-likeness (QED) is 0.809. The third-order valence-electron chi connectivity index (χ3n) is 5.40. The predicted molar refractivity (Wildman–Crippen MR) is 96.8 cm³/mol. The van der Waals surface area contributed by atoms with E-state index < -0.39 is 0 Å². The number of likely N-dealkylation sites (tertiary alicyclic amines) is 2. The van der Waals surface area contributed by atoms with Crippen molar-refractivity contribution in [1.82, 2.24) is 19.9 Å². The summed E-state index contributed by atoms with van der Waals surface area (Å²) in [5, 5.41) is 3.97. The van der Waals surface area contributed by atoms with E-state index in [1.165, 1.54) is 0 Å². The van der Waals surface area contributed by atoms with Gasteiger partial charge in [-0.1, -0.05) is 6.92 Å². The molecule has 0 radical (unpaired) electrons. The monoisotopic (exact) mass is 363 g/mol. The van der Waals surface area contributed by atoms with E-state index in [1.807, 2.05) is 30.8 Å². The first kappa shape index (κ1) is 18.7. The average molecular weight is 363 g/mol. The summed E-state index contributed by atoms with van der Waals surface area (Å²) in [5.41, 5.74) is 0. The first-order valence-electron chi connectivity index (χ1n) is 9.60. The van der Waals surface area contributed by atoms with Crippen molar-refractivity contribution in [2.75, 3.05) is 38.6 Å². The van der Waals surface area contributed by atoms with Crippen molar-refractivity contribution >= 4 is 17.8 Å². The lowest BCUT2D eigenvalue weighted by molar-refractivity contribution is -0.148. The van der Waals surface area contributed by atoms with Crippen LogP contribution in [0.1, 0.15) is 57.3 Å². The Morgan fingerprint density at radius 1 is 1.15 bits per heavy atom. The summed E-state index contributed by atoms with van der Waals surface area (Å²) in [6.07, 6.45) is 4.86. The van der Waals surface area contributed by atoms with Crippen LogP contribution < -0.4 is 4.90 Å². The molecule has 0 spiro atoms. The molecule has 8 heteroatoms. The molecule has 3 rings (SSSR count). The van der Waals surface area contributed by atoms with Gasteiger partial charge in [0.25, 0.3) is 5.95 Å². The fraction of sp³-hybridized carbons (Fsp3) is 0.778. The molecule has 0 aliphatic carbocycles. The standard InChI is InChI=1S/C18H29N5O3/c1-4-15(24)23-10-6-5-7-14(23)17(25)22-11-8-13(9-12-22)16-19-18(20-26-16)21(2)3/h13-14H,4-12H2,1-3H3. The molecule has 26 heavy (non-hydrogen) atoms. The first-order valence-corrected chi connectivity index (χ1v) is 9.60. The Labute approximate surface area is 154 Å². The lowest BCUT2D eigenvalue weighted by Gasteiger charge is -2.39. The second-order valence-electron chi connectivity index (χ2n) is 7.38. The van der Waals surface area contributed by atoms with E-state index >= 15 is 0 Å². The Hall–Kier alpha value is -2.12. The number of hydrogen-bond acceptors (Lipinski definition) is 6. The fourth-order valence-electron chi connectivity index (χ4n) is 3.82. The van der Waals surface area contributed by atoms with Crippen LogP contribution in [-0.4, -0.2) is 71.5 Å². The molecular weight excluding hydrogens is 334 g/mol. The third-order valence-corrected chi connectivity index (χ3v) is 5.40. The Balaban J connectivity index is 1.59. The van der Waals surface area contributed by atoms with Crippen LogP contribution in [0.15, 0.2) is 4.52 Å². The van der Waals surface area contributed by atoms with Gasteiger partial charge >= 0.3 is 0 Å². The van der Waals surface area contributed by atoms with Crippen LogP contribution in [0.25, 0.3) is 0 Å². The summed E-state index contributed by atoms with van der Waals surface area (Å²) in [6.45, 7) is 3.91. The number of carbonyl (C=O) groups is 2. The van der Waals surface area contributed by atoms with Crippen LogP contribution in [0, 0.1) is 0 Å². The van der Waals surface area contributed by atoms with Crippen molar-refractivity contribution in [3.8, 4) is 0 Å². The highest BCUT2D eigenvalue weighted by molar-refractivity contribution is 5.88. The lowest BCUT2D eigenvalue weighted by Crippen LogP contribution is -2.54. The topological polar surface area (TPSA) is 82.8 Å². The van der Waals surface area contributed by atoms with Crippen molar-refractivity contribution in [1.29, 1.82) is 0 Å². The molecule has 2 fully saturated rings. The SMILES string of the molecule is CCC(=O)N1CCCCC1C(=O)N1CCC(c2nc(N(C)C)no2)CC1. The van der Waals surface area contributed by atoms with Crippen LogP contribution >= 0.6 is 0 Å². The van der Waals surface area contributed by atoms with E-state index in [0.29, 0.717) is 37.9 Å². The molecule has 0 aromatic carbocycles. The molecule has 2 aliphatic rings. The molecule has 0 bridgehead atoms. The second kappa shape index (κ2) is 8.05. The Morgan fingerprint density at radius 2 is 1.88 bits per heavy atom. The molecule has 1 atom stereocenters. The molecule has 1 aromatic heterocycles. The highest BCUT2D eigenvalue weighted by Gasteiger charge is 2.36. The number of carbonyl (C=O) groups excluding carboxylic acids is 2. The van der Waals surface area contributed by atoms with E-state index in [4.69, 9.17) is 4.52 Å². The van der Waals surface area contributed by atoms with E-state index in [9.17, 15) is 9.59 Å². The number of aromatic nitrogens is 2. The largest absolute Gasteiger partial charge is 0.344 e. The third kappa shape index (κ3) is 3.83. The summed E-state index contributed by atoms with van der Waals surface area (Å²) in [4.78, 5) is 35.1. The summed E-state index contributed by atoms with van der Waals surface area (Å²) < 4.78 is 5.38. The molecule has 8 nitrogen and oxygen atoms in total. The van der Waals surface area contributed by atoms with Gasteiger partial charge in [0.1, 0.15) is 6.04 Å². The van der Waals surface area contributed by atoms with Gasteiger partial charge in [0.15, 0.2) is 0 Å². The van der Waals surface area contributed by atoms with Gasteiger partial charge in [-0.15, -0.1) is 0 Å². The van der Waals surface area contributed by atoms with Gasteiger partial charge in [-0.2, -0.15) is 4.98 Å². The van der Waals surface area contributed by atoms with Crippen LogP contribution in [0.2, 0.25) is 0 Å². The Morgan fingerprint density at radius 3 is 2.50 bits per heavy atom. The molecule has 1 aromatic rings. The summed E-state index contributed by atoms with van der Waals surface area (Å²) in [6, 6.07) is -0.281. The zero-order chi connectivity index (χ0) is 18.7. The Bertz CT molecular complexity index is 637. The van der Waals surface area contributed by atoms with Gasteiger partial charge < -0.3 is 19.2 Å². The smallest absolute Gasteiger partial charge is 0.265 e. The van der Waals surface area contributed by atoms with E-state index in [-0.39, 0.29) is 23.8 Å². The van der Waals surface area contributed by atoms with Crippen molar-refractivity contribution in [3.63, 3.8) is 0 Å². The Kier molecular flexibility index (Phi) is 5.78. The van der Waals surface area contributed by atoms with E-state index in [1.54, 1.807) is 4.90 Å². The van der Waals surface area contributed by atoms with Crippen LogP contribution in [0.3, 0.4) is 0 Å². The van der Waals surface area contributed by atoms with Crippen LogP contribution in [-0.2, 0) is 9.59 Å². The maximum atomic E-state index is 13.0. The number of anilines is 1. The molecule has 2 saturated heterocycles. The van der Waals surface area contributed by atoms with Crippen LogP contribution in [0.5, 0.6) is 0 Å². The minimum Gasteiger partial charge on any atom is -0.344 e. The van der Waals surface area contributed by atoms with Crippen molar-refractivity contribution in [2.24, 2.45) is 0 Å². The molecule has 2 aliphatic heterocycles. The van der Waals surface area contributed by atoms with Crippen molar-refractivity contribution in [2.45, 2.75) is 57.4 Å². The number of piperidine rings is 2. The zero-order valence-electron chi connectivity index (χ0n) is 16.0. The number of nitrogens with zero attached hydrogens (tertiary/aromatic N) is 5. The van der Waals surface area contributed by atoms with Gasteiger partial charge in [0.05, 0.1) is 0 Å². The lowest BCUT2D eigenvalue weighted by atomic mass is 9.94. The molecule has 3 heterocycles. The number of rotatable bonds is 4. The molecular formula is C18H29N5O3. The van der Waals surface area contributed by atoms with Gasteiger partial charge in [0.2, 0.25) is 17.7 Å². The molecule has 0 saturated carbocycles. The minimum absolute atomic E-state index is 0.0833. The number of amides is 2. The van der Waals surface area contributed by atoms with E-state index in [2.05, 4.69) is 10.1 Å². The zero-order valence-corrected chi connectivity index (χ0v) is 16.0. The van der Waals surface area contributed by atoms with Gasteiger partial charge in [-0.3, -0.25) is 9.59 Å². The maximum absolute atomic E-state index is 13.0. The average Bonchev–Trinajstić information content (AvgIpc) is 3.17. The predicted octanol–water partition coefficient (Wildman–Crippen LogP) is 1.63. The minimum atomic E-state index is -0.281. The molecule has 1 unspecified atom stereocenters. The van der Waals surface area contributed by atoms with Crippen molar-refractivity contribution in [3.05, 3.63) is 5.89 Å². The van der Waals surface area contributed by atoms with Crippen molar-refractivity contribution < 1.29 is 14.1 Å². The highest BCUT2D eigenvalue weighted by atomic mass is 16.5. The van der Waals surface area contributed by atoms with E-state index in [0.717, 1.165) is 32.1 Å². The first-order chi connectivity index (χ1) is 12.5. The summed E-state index contributed by atoms with van der Waals surface area (Å²) >= 11 is 0. The van der Waals surface area contributed by atoms with Gasteiger partial charge in [-0.05, 0) is 37.3 Å². The highest BCUT2D eigenvalue weighted by Crippen LogP contribution is 2.29. The maximum Gasteiger partial charge on any atom is 0.265 e. The molecule has 0 N–H and O–H groups in total. The summed E-state index contributed by atoms with van der Waals surface area (Å²) in [5.74, 6) is 1.61.